The molecule has 0 spiro atoms. The molecule has 0 N–H and O–H groups in total. The quantitative estimate of drug-likeness (QED) is 0.126. The van der Waals surface area contributed by atoms with E-state index < -0.39 is 41.1 Å². The van der Waals surface area contributed by atoms with Crippen molar-refractivity contribution in [2.75, 3.05) is 51.7 Å². The molecule has 57 heavy (non-hydrogen) atoms. The van der Waals surface area contributed by atoms with Gasteiger partial charge >= 0.3 is 232 Å². The van der Waals surface area contributed by atoms with Crippen molar-refractivity contribution < 1.29 is 41.7 Å². The molecule has 5 aliphatic heterocycles. The van der Waals surface area contributed by atoms with Gasteiger partial charge in [-0.3, -0.25) is 9.80 Å². The SMILES string of the molecule is COCOc1cc(-c2nc3c4c(nc(OC[C@]56CCCN5C[C@H](F)C6)nc4c2F)N2C[C@H]4CC[C@@H]([C@@H]2CO3)N4C(=O)OC(C)(C)C)c2c(C#[C][Tl])c(F)ccc2c1. The monoisotopic (exact) mass is 976 g/mol. The molecule has 5 atom stereocenters. The minimum absolute atomic E-state index is 0.0674. The van der Waals surface area contributed by atoms with Crippen molar-refractivity contribution in [3.8, 4) is 38.3 Å². The Balaban J connectivity index is 1.22. The van der Waals surface area contributed by atoms with Crippen molar-refractivity contribution in [3.05, 3.63) is 41.5 Å². The molecule has 0 unspecified atom stereocenters. The zero-order valence-electron chi connectivity index (χ0n) is 32.2. The maximum absolute atomic E-state index is 17.6. The van der Waals surface area contributed by atoms with Gasteiger partial charge in [0, 0.05) is 13.0 Å². The van der Waals surface area contributed by atoms with E-state index >= 15 is 8.78 Å². The van der Waals surface area contributed by atoms with Crippen molar-refractivity contribution in [3.63, 3.8) is 0 Å². The Morgan fingerprint density at radius 1 is 1.09 bits per heavy atom. The van der Waals surface area contributed by atoms with E-state index in [1.54, 1.807) is 18.2 Å². The number of pyridine rings is 1. The molecule has 9 rings (SSSR count). The molecule has 296 valence electrons. The van der Waals surface area contributed by atoms with Gasteiger partial charge in [-0.05, 0) is 53.0 Å². The number of halogens is 3. The van der Waals surface area contributed by atoms with Crippen LogP contribution in [0.1, 0.15) is 58.4 Å². The number of rotatable bonds is 7. The second kappa shape index (κ2) is 14.6. The molecule has 5 aliphatic rings. The summed E-state index contributed by atoms with van der Waals surface area (Å²) in [7, 11) is 1.49. The van der Waals surface area contributed by atoms with Crippen LogP contribution < -0.4 is 19.1 Å². The molecule has 4 fully saturated rings. The molecule has 0 saturated carbocycles. The van der Waals surface area contributed by atoms with E-state index in [9.17, 15) is 9.18 Å². The van der Waals surface area contributed by atoms with Crippen molar-refractivity contribution in [1.29, 1.82) is 0 Å². The number of methoxy groups -OCH3 is 1. The van der Waals surface area contributed by atoms with Crippen LogP contribution in [-0.2, 0) is 9.47 Å². The third-order valence-corrected chi connectivity index (χ3v) is 12.4. The Kier molecular flexibility index (Phi) is 9.83. The Bertz CT molecular complexity index is 2350. The number of hydrogen-bond acceptors (Lipinski definition) is 11. The Morgan fingerprint density at radius 3 is 2.72 bits per heavy atom. The van der Waals surface area contributed by atoms with Gasteiger partial charge in [0.15, 0.2) is 0 Å². The van der Waals surface area contributed by atoms with Crippen molar-refractivity contribution in [1.82, 2.24) is 24.8 Å². The molecular weight excluding hydrogens is 934 g/mol. The first-order valence-electron chi connectivity index (χ1n) is 19.3. The Morgan fingerprint density at radius 2 is 1.93 bits per heavy atom. The van der Waals surface area contributed by atoms with E-state index in [0.29, 0.717) is 48.3 Å². The molecule has 12 nitrogen and oxygen atoms in total. The van der Waals surface area contributed by atoms with Crippen LogP contribution in [0.3, 0.4) is 0 Å². The number of fused-ring (bicyclic) bond motifs is 7. The fourth-order valence-corrected chi connectivity index (χ4v) is 10.1. The van der Waals surface area contributed by atoms with Crippen molar-refractivity contribution >= 4 is 59.4 Å². The normalized spacial score (nSPS) is 25.1. The van der Waals surface area contributed by atoms with Crippen molar-refractivity contribution in [2.45, 2.75) is 88.3 Å². The summed E-state index contributed by atoms with van der Waals surface area (Å²) < 4.78 is 80.7. The van der Waals surface area contributed by atoms with Crippen LogP contribution in [0, 0.1) is 21.0 Å². The first-order valence-corrected chi connectivity index (χ1v) is 21.6. The molecule has 0 radical (unpaired) electrons. The average Bonchev–Trinajstić information content (AvgIpc) is 3.78. The number of hydrogen-bond donors (Lipinski definition) is 0. The Hall–Kier alpha value is -4.15. The summed E-state index contributed by atoms with van der Waals surface area (Å²) in [4.78, 5) is 34.1. The summed E-state index contributed by atoms with van der Waals surface area (Å²) in [6.45, 7) is 7.17. The molecule has 0 aliphatic carbocycles. The summed E-state index contributed by atoms with van der Waals surface area (Å²) in [5.41, 5.74) is -1.11. The molecule has 2 aromatic carbocycles. The summed E-state index contributed by atoms with van der Waals surface area (Å²) in [5.74, 6) is 2.38. The number of amides is 1. The average molecular weight is 976 g/mol. The topological polar surface area (TPSA) is 112 Å². The van der Waals surface area contributed by atoms with Gasteiger partial charge in [0.05, 0.1) is 11.6 Å². The number of alkyl halides is 1. The third-order valence-electron chi connectivity index (χ3n) is 11.8. The number of anilines is 1. The molecule has 7 heterocycles. The van der Waals surface area contributed by atoms with Gasteiger partial charge in [-0.15, -0.1) is 0 Å². The molecule has 2 bridgehead atoms. The number of benzene rings is 2. The predicted molar refractivity (Wildman–Crippen MR) is 205 cm³/mol. The molecule has 1 amide bonds. The number of carbonyl (C=O) groups is 1. The number of nitrogens with zero attached hydrogens (tertiary/aromatic N) is 6. The van der Waals surface area contributed by atoms with E-state index in [-0.39, 0.29) is 97.5 Å². The molecule has 4 aromatic rings. The van der Waals surface area contributed by atoms with Crippen LogP contribution in [0.4, 0.5) is 23.8 Å². The van der Waals surface area contributed by atoms with Crippen LogP contribution in [0.15, 0.2) is 24.3 Å². The van der Waals surface area contributed by atoms with Gasteiger partial charge < -0.3 is 4.74 Å². The Labute approximate surface area is 344 Å². The van der Waals surface area contributed by atoms with Crippen LogP contribution in [0.25, 0.3) is 32.9 Å². The summed E-state index contributed by atoms with van der Waals surface area (Å²) in [6, 6.07) is 5.26. The van der Waals surface area contributed by atoms with E-state index in [1.165, 1.54) is 13.2 Å². The summed E-state index contributed by atoms with van der Waals surface area (Å²) >= 11 is 0.263. The zero-order chi connectivity index (χ0) is 39.8. The van der Waals surface area contributed by atoms with Crippen LogP contribution in [-0.4, -0.2) is 139 Å². The van der Waals surface area contributed by atoms with Gasteiger partial charge in [0.2, 0.25) is 0 Å². The van der Waals surface area contributed by atoms with Gasteiger partial charge in [-0.2, -0.15) is 0 Å². The van der Waals surface area contributed by atoms with Crippen molar-refractivity contribution in [2.24, 2.45) is 0 Å². The predicted octanol–water partition coefficient (Wildman–Crippen LogP) is 5.89. The third kappa shape index (κ3) is 6.68. The fraction of sp³-hybridized carbons (Fsp3) is 0.512. The minimum atomic E-state index is -0.965. The molecule has 4 saturated heterocycles. The molecule has 16 heteroatoms. The second-order valence-corrected chi connectivity index (χ2v) is 17.6. The van der Waals surface area contributed by atoms with Gasteiger partial charge in [0.25, 0.3) is 0 Å². The van der Waals surface area contributed by atoms with Gasteiger partial charge in [-0.1, -0.05) is 0 Å². The number of carbonyl (C=O) groups excluding carboxylic acids is 1. The summed E-state index contributed by atoms with van der Waals surface area (Å²) in [5, 5.41) is 1.17. The number of ether oxygens (including phenoxy) is 5. The standard InChI is InChI=1S/C41H42F3N6O6.Tl/c1-6-26-28(43)10-8-22-14-25(55-21-52-5)15-27(31(22)26)34-33(44)35-32-36(47-38(46-35)54-20-41-12-7-13-48(41)17-23(42)16-41)49-18-24-9-11-29(30(49)19-53-37(32)45-34)50(24)39(51)56-40(2,3)4;/h8,10,14-15,23-24,29-30H,7,9,11-13,16-21H2,2-5H3;/t23-,24-,29+,30+,41-;/m1./s1. The van der Waals surface area contributed by atoms with E-state index in [1.807, 2.05) is 25.7 Å². The van der Waals surface area contributed by atoms with Gasteiger partial charge in [0.1, 0.15) is 11.8 Å². The molecule has 2 aromatic heterocycles. The first-order chi connectivity index (χ1) is 27.4. The number of piperazine rings is 1. The second-order valence-electron chi connectivity index (χ2n) is 16.5. The zero-order valence-corrected chi connectivity index (χ0v) is 36.7. The summed E-state index contributed by atoms with van der Waals surface area (Å²) in [6.07, 6.45) is 2.11. The van der Waals surface area contributed by atoms with E-state index in [2.05, 4.69) is 19.2 Å². The molecular formula is C41H42F3N6O6Tl. The fourth-order valence-electron chi connectivity index (χ4n) is 9.56. The van der Waals surface area contributed by atoms with E-state index in [4.69, 9.17) is 38.6 Å². The maximum atomic E-state index is 17.6. The number of aromatic nitrogens is 3. The van der Waals surface area contributed by atoms with Crippen LogP contribution >= 0.6 is 0 Å². The first kappa shape index (κ1) is 38.4. The van der Waals surface area contributed by atoms with Crippen LogP contribution in [0.5, 0.6) is 17.6 Å². The van der Waals surface area contributed by atoms with Gasteiger partial charge in [-0.25, -0.2) is 9.18 Å². The van der Waals surface area contributed by atoms with E-state index in [0.717, 1.165) is 25.8 Å². The van der Waals surface area contributed by atoms with Crippen LogP contribution in [0.2, 0.25) is 0 Å².